The summed E-state index contributed by atoms with van der Waals surface area (Å²) in [6, 6.07) is 0. The minimum atomic E-state index is -0.703. The van der Waals surface area contributed by atoms with E-state index in [1.165, 1.54) is 0 Å². The molecule has 0 aliphatic carbocycles. The quantitative estimate of drug-likeness (QED) is 0.487. The van der Waals surface area contributed by atoms with Crippen LogP contribution in [0.2, 0.25) is 0 Å². The van der Waals surface area contributed by atoms with Gasteiger partial charge in [-0.15, -0.1) is 10.1 Å². The van der Waals surface area contributed by atoms with Crippen LogP contribution in [0, 0.1) is 15.5 Å². The van der Waals surface area contributed by atoms with Crippen molar-refractivity contribution in [1.29, 1.82) is 0 Å². The smallest absolute Gasteiger partial charge is 0.294 e. The summed E-state index contributed by atoms with van der Waals surface area (Å²) in [7, 11) is 0. The molecule has 0 aromatic heterocycles. The monoisotopic (exact) mass is 175 g/mol. The van der Waals surface area contributed by atoms with Gasteiger partial charge in [-0.3, -0.25) is 0 Å². The van der Waals surface area contributed by atoms with Crippen molar-refractivity contribution in [1.82, 2.24) is 0 Å². The van der Waals surface area contributed by atoms with E-state index in [1.807, 2.05) is 27.7 Å². The zero-order chi connectivity index (χ0) is 9.78. The third kappa shape index (κ3) is 4.16. The molecule has 0 amide bonds. The Morgan fingerprint density at radius 1 is 1.50 bits per heavy atom. The molecule has 4 heteroatoms. The third-order valence-corrected chi connectivity index (χ3v) is 1.73. The van der Waals surface area contributed by atoms with Crippen molar-refractivity contribution in [3.8, 4) is 0 Å². The first-order valence-electron chi connectivity index (χ1n) is 4.19. The Labute approximate surface area is 73.0 Å². The summed E-state index contributed by atoms with van der Waals surface area (Å²) in [6.07, 6.45) is 1.33. The van der Waals surface area contributed by atoms with Crippen molar-refractivity contribution in [2.45, 2.75) is 46.6 Å². The van der Waals surface area contributed by atoms with Gasteiger partial charge in [-0.2, -0.15) is 0 Å². The number of rotatable bonds is 4. The van der Waals surface area contributed by atoms with Crippen molar-refractivity contribution < 1.29 is 9.92 Å². The highest BCUT2D eigenvalue weighted by molar-refractivity contribution is 4.72. The second-order valence-corrected chi connectivity index (χ2v) is 3.97. The Morgan fingerprint density at radius 3 is 2.25 bits per heavy atom. The predicted molar refractivity (Wildman–Crippen MR) is 46.2 cm³/mol. The first kappa shape index (κ1) is 11.2. The van der Waals surface area contributed by atoms with Gasteiger partial charge in [0.25, 0.3) is 5.09 Å². The van der Waals surface area contributed by atoms with Crippen molar-refractivity contribution >= 4 is 0 Å². The first-order valence-corrected chi connectivity index (χ1v) is 4.19. The number of hydrogen-bond donors (Lipinski definition) is 0. The van der Waals surface area contributed by atoms with E-state index in [2.05, 4.69) is 4.84 Å². The van der Waals surface area contributed by atoms with Gasteiger partial charge in [0.1, 0.15) is 6.10 Å². The largest absolute Gasteiger partial charge is 0.310 e. The normalized spacial score (nSPS) is 14.0. The van der Waals surface area contributed by atoms with Crippen molar-refractivity contribution in [3.63, 3.8) is 0 Å². The molecule has 0 aromatic carbocycles. The molecule has 0 fully saturated rings. The molecule has 0 aliphatic heterocycles. The Hall–Kier alpha value is -0.800. The molecule has 0 aliphatic rings. The summed E-state index contributed by atoms with van der Waals surface area (Å²) < 4.78 is 0. The lowest BCUT2D eigenvalue weighted by atomic mass is 9.87. The van der Waals surface area contributed by atoms with E-state index >= 15 is 0 Å². The van der Waals surface area contributed by atoms with E-state index < -0.39 is 5.09 Å². The van der Waals surface area contributed by atoms with Gasteiger partial charge in [0.15, 0.2) is 0 Å². The molecular formula is C8H17NO3. The summed E-state index contributed by atoms with van der Waals surface area (Å²) in [4.78, 5) is 14.7. The minimum Gasteiger partial charge on any atom is -0.310 e. The van der Waals surface area contributed by atoms with Gasteiger partial charge in [0, 0.05) is 0 Å². The van der Waals surface area contributed by atoms with Gasteiger partial charge in [0.2, 0.25) is 0 Å². The Morgan fingerprint density at radius 2 is 2.00 bits per heavy atom. The van der Waals surface area contributed by atoms with Crippen LogP contribution in [0.1, 0.15) is 40.5 Å². The highest BCUT2D eigenvalue weighted by Gasteiger charge is 2.26. The lowest BCUT2D eigenvalue weighted by Crippen LogP contribution is -2.31. The van der Waals surface area contributed by atoms with E-state index in [9.17, 15) is 10.1 Å². The van der Waals surface area contributed by atoms with Crippen molar-refractivity contribution in [2.75, 3.05) is 0 Å². The van der Waals surface area contributed by atoms with E-state index in [1.54, 1.807) is 0 Å². The Balaban J connectivity index is 4.13. The number of nitrogens with zero attached hydrogens (tertiary/aromatic N) is 1. The maximum Gasteiger partial charge on any atom is 0.294 e. The standard InChI is InChI=1S/C8H17NO3/c1-5-6-7(8(2,3)4)12-9(10)11/h7H,5-6H2,1-4H3. The summed E-state index contributed by atoms with van der Waals surface area (Å²) in [5, 5.41) is 9.41. The zero-order valence-electron chi connectivity index (χ0n) is 8.16. The number of hydrogen-bond acceptors (Lipinski definition) is 3. The van der Waals surface area contributed by atoms with Crippen LogP contribution in [0.15, 0.2) is 0 Å². The maximum absolute atomic E-state index is 10.1. The van der Waals surface area contributed by atoms with Crippen LogP contribution in [0.25, 0.3) is 0 Å². The Kier molecular flexibility index (Phi) is 4.00. The lowest BCUT2D eigenvalue weighted by Gasteiger charge is -2.27. The van der Waals surface area contributed by atoms with E-state index in [0.29, 0.717) is 0 Å². The molecule has 12 heavy (non-hydrogen) atoms. The Bertz CT molecular complexity index is 151. The second kappa shape index (κ2) is 4.28. The van der Waals surface area contributed by atoms with Crippen LogP contribution in [-0.2, 0) is 4.84 Å². The summed E-state index contributed by atoms with van der Waals surface area (Å²) in [5.41, 5.74) is -0.164. The minimum absolute atomic E-state index is 0.164. The third-order valence-electron chi connectivity index (χ3n) is 1.73. The average Bonchev–Trinajstić information content (AvgIpc) is 1.83. The molecule has 4 nitrogen and oxygen atoms in total. The molecule has 1 unspecified atom stereocenters. The van der Waals surface area contributed by atoms with Gasteiger partial charge in [-0.05, 0) is 11.8 Å². The van der Waals surface area contributed by atoms with Gasteiger partial charge >= 0.3 is 0 Å². The highest BCUT2D eigenvalue weighted by atomic mass is 17.0. The summed E-state index contributed by atoms with van der Waals surface area (Å²) in [5.74, 6) is 0. The van der Waals surface area contributed by atoms with Crippen molar-refractivity contribution in [2.24, 2.45) is 5.41 Å². The topological polar surface area (TPSA) is 52.4 Å². The van der Waals surface area contributed by atoms with Crippen LogP contribution in [0.4, 0.5) is 0 Å². The molecule has 0 rings (SSSR count). The highest BCUT2D eigenvalue weighted by Crippen LogP contribution is 2.25. The van der Waals surface area contributed by atoms with Crippen LogP contribution >= 0.6 is 0 Å². The van der Waals surface area contributed by atoms with E-state index in [-0.39, 0.29) is 11.5 Å². The summed E-state index contributed by atoms with van der Waals surface area (Å²) in [6.45, 7) is 7.81. The second-order valence-electron chi connectivity index (χ2n) is 3.97. The molecule has 0 saturated carbocycles. The van der Waals surface area contributed by atoms with Crippen LogP contribution in [0.5, 0.6) is 0 Å². The fourth-order valence-corrected chi connectivity index (χ4v) is 1.01. The SMILES string of the molecule is CCCC(O[N+](=O)[O-])C(C)(C)C. The summed E-state index contributed by atoms with van der Waals surface area (Å²) >= 11 is 0. The molecule has 0 saturated heterocycles. The molecule has 0 N–H and O–H groups in total. The molecule has 0 spiro atoms. The maximum atomic E-state index is 10.1. The van der Waals surface area contributed by atoms with Crippen LogP contribution < -0.4 is 0 Å². The molecule has 1 atom stereocenters. The fraction of sp³-hybridized carbons (Fsp3) is 1.00. The molecule has 0 heterocycles. The molecule has 0 bridgehead atoms. The molecule has 0 radical (unpaired) electrons. The predicted octanol–water partition coefficient (Wildman–Crippen LogP) is 2.41. The van der Waals surface area contributed by atoms with Crippen LogP contribution in [-0.4, -0.2) is 11.2 Å². The lowest BCUT2D eigenvalue weighted by molar-refractivity contribution is -0.772. The van der Waals surface area contributed by atoms with Gasteiger partial charge in [-0.25, -0.2) is 0 Å². The molecule has 72 valence electrons. The van der Waals surface area contributed by atoms with Crippen molar-refractivity contribution in [3.05, 3.63) is 10.1 Å². The van der Waals surface area contributed by atoms with Gasteiger partial charge in [0.05, 0.1) is 0 Å². The zero-order valence-corrected chi connectivity index (χ0v) is 8.16. The van der Waals surface area contributed by atoms with Crippen LogP contribution in [0.3, 0.4) is 0 Å². The van der Waals surface area contributed by atoms with E-state index in [4.69, 9.17) is 0 Å². The van der Waals surface area contributed by atoms with Gasteiger partial charge < -0.3 is 4.84 Å². The molecule has 0 aromatic rings. The fourth-order valence-electron chi connectivity index (χ4n) is 1.01. The van der Waals surface area contributed by atoms with Gasteiger partial charge in [-0.1, -0.05) is 34.1 Å². The first-order chi connectivity index (χ1) is 5.38. The van der Waals surface area contributed by atoms with E-state index in [0.717, 1.165) is 12.8 Å². The molecular weight excluding hydrogens is 158 g/mol. The average molecular weight is 175 g/mol.